The van der Waals surface area contributed by atoms with Gasteiger partial charge in [0.2, 0.25) is 0 Å². The van der Waals surface area contributed by atoms with Crippen molar-refractivity contribution in [3.8, 4) is 5.75 Å². The van der Waals surface area contributed by atoms with E-state index in [1.807, 2.05) is 0 Å². The summed E-state index contributed by atoms with van der Waals surface area (Å²) < 4.78 is 113. The fraction of sp³-hybridized carbons (Fsp3) is 0.500. The highest BCUT2D eigenvalue weighted by Crippen LogP contribution is 2.53. The molecule has 0 bridgehead atoms. The third kappa shape index (κ3) is 3.75. The second kappa shape index (κ2) is 6.00. The van der Waals surface area contributed by atoms with Crippen LogP contribution in [-0.4, -0.2) is 35.6 Å². The maximum absolute atomic E-state index is 13.2. The van der Waals surface area contributed by atoms with Crippen molar-refractivity contribution in [2.45, 2.75) is 30.4 Å². The van der Waals surface area contributed by atoms with E-state index in [1.165, 1.54) is 0 Å². The number of rotatable bonds is 6. The lowest BCUT2D eigenvalue weighted by Crippen LogP contribution is -2.61. The van der Waals surface area contributed by atoms with Gasteiger partial charge in [0.15, 0.2) is 0 Å². The van der Waals surface area contributed by atoms with Gasteiger partial charge in [-0.2, -0.15) is 39.5 Å². The number of nitrogens with one attached hydrogen (secondary N) is 1. The van der Waals surface area contributed by atoms with E-state index < -0.39 is 36.9 Å². The van der Waals surface area contributed by atoms with Crippen LogP contribution in [0.15, 0.2) is 24.3 Å². The Morgan fingerprint density at radius 2 is 1.26 bits per heavy atom. The summed E-state index contributed by atoms with van der Waals surface area (Å²) in [6.45, 7) is -0.999. The summed E-state index contributed by atoms with van der Waals surface area (Å²) in [4.78, 5) is 0. The van der Waals surface area contributed by atoms with E-state index in [1.54, 1.807) is 0 Å². The molecule has 1 rings (SSSR count). The maximum Gasteiger partial charge on any atom is 0.460 e. The molecule has 0 spiro atoms. The molecular formula is C12H10F9NO. The van der Waals surface area contributed by atoms with Gasteiger partial charge in [-0.05, 0) is 24.3 Å². The highest BCUT2D eigenvalue weighted by molar-refractivity contribution is 5.45. The van der Waals surface area contributed by atoms with Crippen molar-refractivity contribution >= 4 is 5.69 Å². The molecule has 0 amide bonds. The largest absolute Gasteiger partial charge is 0.508 e. The molecular weight excluding hydrogens is 345 g/mol. The monoisotopic (exact) mass is 355 g/mol. The Bertz CT molecular complexity index is 524. The number of phenols is 1. The minimum Gasteiger partial charge on any atom is -0.508 e. The highest BCUT2D eigenvalue weighted by Gasteiger charge is 2.81. The van der Waals surface area contributed by atoms with Crippen molar-refractivity contribution in [3.63, 3.8) is 0 Å². The SMILES string of the molecule is Oc1ccc(NCCC(F)(F)C(F)(F)C(F)(F)C(F)(F)F)cc1. The van der Waals surface area contributed by atoms with Crippen molar-refractivity contribution < 1.29 is 44.6 Å². The number of anilines is 1. The molecule has 0 saturated heterocycles. The number of hydrogen-bond acceptors (Lipinski definition) is 2. The summed E-state index contributed by atoms with van der Waals surface area (Å²) in [5.74, 6) is -19.3. The van der Waals surface area contributed by atoms with Crippen molar-refractivity contribution in [2.24, 2.45) is 0 Å². The first kappa shape index (κ1) is 19.2. The van der Waals surface area contributed by atoms with Crippen molar-refractivity contribution in [3.05, 3.63) is 24.3 Å². The summed E-state index contributed by atoms with van der Waals surface area (Å²) in [6.07, 6.45) is -8.78. The van der Waals surface area contributed by atoms with E-state index >= 15 is 0 Å². The zero-order chi connectivity index (χ0) is 18.1. The molecule has 0 radical (unpaired) electrons. The Morgan fingerprint density at radius 3 is 1.70 bits per heavy atom. The molecule has 1 aromatic carbocycles. The predicted molar refractivity (Wildman–Crippen MR) is 62.1 cm³/mol. The maximum atomic E-state index is 13.2. The zero-order valence-corrected chi connectivity index (χ0v) is 11.1. The first-order valence-corrected chi connectivity index (χ1v) is 5.95. The van der Waals surface area contributed by atoms with Gasteiger partial charge in [0.25, 0.3) is 0 Å². The van der Waals surface area contributed by atoms with E-state index in [-0.39, 0.29) is 11.4 Å². The second-order valence-corrected chi connectivity index (χ2v) is 4.57. The lowest BCUT2D eigenvalue weighted by atomic mass is 10.0. The van der Waals surface area contributed by atoms with Crippen LogP contribution in [0.3, 0.4) is 0 Å². The van der Waals surface area contributed by atoms with Gasteiger partial charge in [0.05, 0.1) is 0 Å². The van der Waals surface area contributed by atoms with Crippen molar-refractivity contribution in [2.75, 3.05) is 11.9 Å². The Balaban J connectivity index is 2.79. The van der Waals surface area contributed by atoms with Crippen LogP contribution in [0.25, 0.3) is 0 Å². The molecule has 2 N–H and O–H groups in total. The minimum atomic E-state index is -6.87. The van der Waals surface area contributed by atoms with Crippen molar-refractivity contribution in [1.82, 2.24) is 0 Å². The molecule has 0 saturated carbocycles. The third-order valence-electron chi connectivity index (χ3n) is 2.85. The second-order valence-electron chi connectivity index (χ2n) is 4.57. The van der Waals surface area contributed by atoms with Crippen molar-refractivity contribution in [1.29, 1.82) is 0 Å². The smallest absolute Gasteiger partial charge is 0.460 e. The number of phenolic OH excluding ortho intramolecular Hbond substituents is 1. The Kier molecular flexibility index (Phi) is 5.02. The van der Waals surface area contributed by atoms with Gasteiger partial charge in [-0.25, -0.2) is 0 Å². The van der Waals surface area contributed by atoms with Gasteiger partial charge in [0, 0.05) is 18.7 Å². The van der Waals surface area contributed by atoms with Crippen LogP contribution in [0.4, 0.5) is 45.2 Å². The van der Waals surface area contributed by atoms with Crippen LogP contribution in [0.2, 0.25) is 0 Å². The van der Waals surface area contributed by atoms with Crippen LogP contribution >= 0.6 is 0 Å². The quantitative estimate of drug-likeness (QED) is 0.575. The number of aromatic hydroxyl groups is 1. The van der Waals surface area contributed by atoms with Crippen LogP contribution in [0, 0.1) is 0 Å². The topological polar surface area (TPSA) is 32.3 Å². The molecule has 0 fully saturated rings. The van der Waals surface area contributed by atoms with E-state index in [2.05, 4.69) is 5.32 Å². The molecule has 0 aliphatic carbocycles. The number of halogens is 9. The van der Waals surface area contributed by atoms with Crippen LogP contribution < -0.4 is 5.32 Å². The molecule has 0 unspecified atom stereocenters. The molecule has 0 heterocycles. The van der Waals surface area contributed by atoms with Gasteiger partial charge in [0.1, 0.15) is 5.75 Å². The molecule has 0 aromatic heterocycles. The summed E-state index contributed by atoms with van der Waals surface area (Å²) in [7, 11) is 0. The molecule has 0 aliphatic heterocycles. The molecule has 0 atom stereocenters. The lowest BCUT2D eigenvalue weighted by molar-refractivity contribution is -0.396. The lowest BCUT2D eigenvalue weighted by Gasteiger charge is -2.33. The van der Waals surface area contributed by atoms with Crippen LogP contribution in [0.1, 0.15) is 6.42 Å². The van der Waals surface area contributed by atoms with Gasteiger partial charge in [-0.15, -0.1) is 0 Å². The van der Waals surface area contributed by atoms with Gasteiger partial charge >= 0.3 is 23.9 Å². The zero-order valence-electron chi connectivity index (χ0n) is 11.1. The molecule has 0 aliphatic rings. The summed E-state index contributed by atoms with van der Waals surface area (Å²) >= 11 is 0. The summed E-state index contributed by atoms with van der Waals surface area (Å²) in [5, 5.41) is 11.1. The standard InChI is InChI=1S/C12H10F9NO/c13-9(14,10(15,16)11(17,18)12(19,20)21)5-6-22-7-1-3-8(23)4-2-7/h1-4,22-23H,5-6H2. The summed E-state index contributed by atoms with van der Waals surface area (Å²) in [6, 6.07) is 4.56. The molecule has 132 valence electrons. The molecule has 11 heteroatoms. The van der Waals surface area contributed by atoms with E-state index in [9.17, 15) is 39.5 Å². The molecule has 2 nitrogen and oxygen atoms in total. The third-order valence-corrected chi connectivity index (χ3v) is 2.85. The highest BCUT2D eigenvalue weighted by atomic mass is 19.4. The van der Waals surface area contributed by atoms with Crippen LogP contribution in [0.5, 0.6) is 5.75 Å². The average molecular weight is 355 g/mol. The van der Waals surface area contributed by atoms with Gasteiger partial charge in [-0.1, -0.05) is 0 Å². The van der Waals surface area contributed by atoms with Crippen LogP contribution in [-0.2, 0) is 0 Å². The van der Waals surface area contributed by atoms with Gasteiger partial charge < -0.3 is 10.4 Å². The predicted octanol–water partition coefficient (Wildman–Crippen LogP) is 4.66. The Morgan fingerprint density at radius 1 is 0.783 bits per heavy atom. The van der Waals surface area contributed by atoms with Gasteiger partial charge in [-0.3, -0.25) is 0 Å². The molecule has 1 aromatic rings. The fourth-order valence-corrected chi connectivity index (χ4v) is 1.51. The fourth-order valence-electron chi connectivity index (χ4n) is 1.51. The van der Waals surface area contributed by atoms with E-state index in [0.29, 0.717) is 0 Å². The Labute approximate surface area is 123 Å². The number of hydrogen-bond donors (Lipinski definition) is 2. The normalized spacial score (nSPS) is 14.0. The summed E-state index contributed by atoms with van der Waals surface area (Å²) in [5.41, 5.74) is 0.0736. The van der Waals surface area contributed by atoms with E-state index in [4.69, 9.17) is 5.11 Å². The average Bonchev–Trinajstić information content (AvgIpc) is 2.39. The number of alkyl halides is 9. The Hall–Kier alpha value is -1.81. The minimum absolute atomic E-state index is 0.0736. The first-order valence-electron chi connectivity index (χ1n) is 5.95. The van der Waals surface area contributed by atoms with E-state index in [0.717, 1.165) is 24.3 Å². The molecule has 23 heavy (non-hydrogen) atoms. The first-order chi connectivity index (χ1) is 10.2. The number of benzene rings is 1.